The molecule has 0 amide bonds. The zero-order chi connectivity index (χ0) is 22.8. The van der Waals surface area contributed by atoms with Crippen LogP contribution < -0.4 is 0 Å². The Hall–Kier alpha value is -3.13. The van der Waals surface area contributed by atoms with Crippen molar-refractivity contribution in [3.8, 4) is 11.4 Å². The number of likely N-dealkylation sites (tertiary alicyclic amines) is 1. The van der Waals surface area contributed by atoms with Crippen molar-refractivity contribution in [3.05, 3.63) is 58.5 Å². The SMILES string of the molecule is CCc1c(C(=O)CN2CCCC(c3nc(-c4cccc(F)c4)no3)C2)[nH]c(C)c1C(C)=O. The summed E-state index contributed by atoms with van der Waals surface area (Å²) in [6, 6.07) is 6.09. The van der Waals surface area contributed by atoms with E-state index in [1.54, 1.807) is 12.1 Å². The van der Waals surface area contributed by atoms with Gasteiger partial charge in [0, 0.05) is 23.4 Å². The van der Waals surface area contributed by atoms with Crippen molar-refractivity contribution in [3.63, 3.8) is 0 Å². The molecule has 7 nitrogen and oxygen atoms in total. The smallest absolute Gasteiger partial charge is 0.231 e. The van der Waals surface area contributed by atoms with E-state index in [2.05, 4.69) is 20.0 Å². The van der Waals surface area contributed by atoms with Crippen LogP contribution in [0.25, 0.3) is 11.4 Å². The molecule has 4 rings (SSSR count). The molecule has 1 saturated heterocycles. The van der Waals surface area contributed by atoms with Crippen LogP contribution in [-0.4, -0.2) is 51.2 Å². The van der Waals surface area contributed by atoms with Gasteiger partial charge >= 0.3 is 0 Å². The van der Waals surface area contributed by atoms with Gasteiger partial charge in [0.2, 0.25) is 11.7 Å². The number of hydrogen-bond acceptors (Lipinski definition) is 6. The van der Waals surface area contributed by atoms with E-state index in [0.29, 0.717) is 41.5 Å². The minimum Gasteiger partial charge on any atom is -0.355 e. The van der Waals surface area contributed by atoms with E-state index in [0.717, 1.165) is 30.6 Å². The Morgan fingerprint density at radius 2 is 2.16 bits per heavy atom. The largest absolute Gasteiger partial charge is 0.355 e. The van der Waals surface area contributed by atoms with Gasteiger partial charge in [-0.1, -0.05) is 24.2 Å². The maximum absolute atomic E-state index is 13.5. The van der Waals surface area contributed by atoms with Gasteiger partial charge in [-0.25, -0.2) is 4.39 Å². The van der Waals surface area contributed by atoms with Crippen molar-refractivity contribution in [1.29, 1.82) is 0 Å². The summed E-state index contributed by atoms with van der Waals surface area (Å²) in [6.45, 7) is 6.99. The number of hydrogen-bond donors (Lipinski definition) is 1. The van der Waals surface area contributed by atoms with Crippen LogP contribution in [0.2, 0.25) is 0 Å². The molecule has 0 bridgehead atoms. The normalized spacial score (nSPS) is 16.9. The number of aromatic amines is 1. The maximum Gasteiger partial charge on any atom is 0.231 e. The summed E-state index contributed by atoms with van der Waals surface area (Å²) in [5.41, 5.74) is 3.26. The van der Waals surface area contributed by atoms with Gasteiger partial charge in [-0.05, 0) is 57.4 Å². The zero-order valence-corrected chi connectivity index (χ0v) is 18.6. The number of nitrogens with zero attached hydrogens (tertiary/aromatic N) is 3. The molecule has 1 aliphatic rings. The van der Waals surface area contributed by atoms with Gasteiger partial charge in [0.05, 0.1) is 18.2 Å². The predicted molar refractivity (Wildman–Crippen MR) is 117 cm³/mol. The van der Waals surface area contributed by atoms with Gasteiger partial charge < -0.3 is 9.51 Å². The van der Waals surface area contributed by atoms with Gasteiger partial charge in [-0.3, -0.25) is 14.5 Å². The highest BCUT2D eigenvalue weighted by atomic mass is 19.1. The number of halogens is 1. The molecule has 1 aromatic carbocycles. The molecule has 3 heterocycles. The number of rotatable bonds is 7. The summed E-state index contributed by atoms with van der Waals surface area (Å²) in [7, 11) is 0. The first-order chi connectivity index (χ1) is 15.4. The molecule has 0 spiro atoms. The quantitative estimate of drug-likeness (QED) is 0.552. The van der Waals surface area contributed by atoms with Gasteiger partial charge in [0.15, 0.2) is 11.6 Å². The number of H-pyrrole nitrogens is 1. The Labute approximate surface area is 186 Å². The molecule has 1 unspecified atom stereocenters. The molecule has 3 aromatic rings. The second-order valence-corrected chi connectivity index (χ2v) is 8.35. The standard InChI is InChI=1S/C24H27FN4O3/c1-4-19-21(15(3)30)14(2)26-22(19)20(31)13-29-10-6-8-17(12-29)24-27-23(28-32-24)16-7-5-9-18(25)11-16/h5,7,9,11,17,26H,4,6,8,10,12-13H2,1-3H3. The van der Waals surface area contributed by atoms with Crippen LogP contribution in [0.5, 0.6) is 0 Å². The molecule has 1 fully saturated rings. The van der Waals surface area contributed by atoms with Crippen molar-refractivity contribution in [2.75, 3.05) is 19.6 Å². The Kier molecular flexibility index (Phi) is 6.32. The lowest BCUT2D eigenvalue weighted by atomic mass is 9.97. The van der Waals surface area contributed by atoms with Crippen LogP contribution in [-0.2, 0) is 6.42 Å². The van der Waals surface area contributed by atoms with Gasteiger partial charge in [0.25, 0.3) is 0 Å². The van der Waals surface area contributed by atoms with Crippen LogP contribution in [0, 0.1) is 12.7 Å². The molecule has 1 N–H and O–H groups in total. The fourth-order valence-electron chi connectivity index (χ4n) is 4.57. The van der Waals surface area contributed by atoms with Gasteiger partial charge in [-0.2, -0.15) is 4.98 Å². The number of carbonyl (C=O) groups is 2. The number of carbonyl (C=O) groups excluding carboxylic acids is 2. The molecule has 168 valence electrons. The van der Waals surface area contributed by atoms with Crippen molar-refractivity contribution in [1.82, 2.24) is 20.0 Å². The lowest BCUT2D eigenvalue weighted by Gasteiger charge is -2.30. The number of Topliss-reactive ketones (excluding diaryl/α,β-unsaturated/α-hetero) is 2. The monoisotopic (exact) mass is 438 g/mol. The van der Waals surface area contributed by atoms with Crippen molar-refractivity contribution in [2.24, 2.45) is 0 Å². The van der Waals surface area contributed by atoms with Gasteiger partial charge in [-0.15, -0.1) is 0 Å². The number of aromatic nitrogens is 3. The van der Waals surface area contributed by atoms with E-state index in [9.17, 15) is 14.0 Å². The Bertz CT molecular complexity index is 1150. The third-order valence-corrected chi connectivity index (χ3v) is 6.02. The lowest BCUT2D eigenvalue weighted by molar-refractivity contribution is 0.0893. The second kappa shape index (κ2) is 9.16. The first-order valence-electron chi connectivity index (χ1n) is 10.9. The lowest BCUT2D eigenvalue weighted by Crippen LogP contribution is -2.38. The highest BCUT2D eigenvalue weighted by Gasteiger charge is 2.29. The third kappa shape index (κ3) is 4.41. The Morgan fingerprint density at radius 1 is 1.34 bits per heavy atom. The van der Waals surface area contributed by atoms with Crippen molar-refractivity contribution in [2.45, 2.75) is 46.0 Å². The molecule has 32 heavy (non-hydrogen) atoms. The summed E-state index contributed by atoms with van der Waals surface area (Å²) < 4.78 is 19.0. The Balaban J connectivity index is 1.47. The van der Waals surface area contributed by atoms with Crippen molar-refractivity contribution < 1.29 is 18.5 Å². The first-order valence-corrected chi connectivity index (χ1v) is 10.9. The van der Waals surface area contributed by atoms with E-state index in [4.69, 9.17) is 4.52 Å². The average molecular weight is 439 g/mol. The third-order valence-electron chi connectivity index (χ3n) is 6.02. The number of nitrogens with one attached hydrogen (secondary N) is 1. The van der Waals surface area contributed by atoms with E-state index in [1.807, 2.05) is 13.8 Å². The second-order valence-electron chi connectivity index (χ2n) is 8.35. The van der Waals surface area contributed by atoms with E-state index < -0.39 is 0 Å². The average Bonchev–Trinajstić information content (AvgIpc) is 3.38. The maximum atomic E-state index is 13.5. The molecular weight excluding hydrogens is 411 g/mol. The summed E-state index contributed by atoms with van der Waals surface area (Å²) >= 11 is 0. The van der Waals surface area contributed by atoms with Crippen LogP contribution in [0.15, 0.2) is 28.8 Å². The van der Waals surface area contributed by atoms with Crippen LogP contribution >= 0.6 is 0 Å². The Morgan fingerprint density at radius 3 is 2.88 bits per heavy atom. The molecular formula is C24H27FN4O3. The highest BCUT2D eigenvalue weighted by Crippen LogP contribution is 2.28. The molecule has 1 aliphatic heterocycles. The van der Waals surface area contributed by atoms with Gasteiger partial charge in [0.1, 0.15) is 5.82 Å². The molecule has 1 atom stereocenters. The molecule has 8 heteroatoms. The zero-order valence-electron chi connectivity index (χ0n) is 18.6. The van der Waals surface area contributed by atoms with E-state index in [1.165, 1.54) is 19.1 Å². The minimum atomic E-state index is -0.352. The summed E-state index contributed by atoms with van der Waals surface area (Å²) in [5, 5.41) is 4.01. The van der Waals surface area contributed by atoms with Crippen molar-refractivity contribution >= 4 is 11.6 Å². The fourth-order valence-corrected chi connectivity index (χ4v) is 4.57. The number of aryl methyl sites for hydroxylation is 1. The van der Waals surface area contributed by atoms with Crippen LogP contribution in [0.1, 0.15) is 70.6 Å². The summed E-state index contributed by atoms with van der Waals surface area (Å²) in [5.74, 6) is 0.469. The topological polar surface area (TPSA) is 92.1 Å². The summed E-state index contributed by atoms with van der Waals surface area (Å²) in [4.78, 5) is 34.8. The molecule has 0 radical (unpaired) electrons. The number of benzene rings is 1. The predicted octanol–water partition coefficient (Wildman–Crippen LogP) is 4.34. The highest BCUT2D eigenvalue weighted by molar-refractivity contribution is 6.04. The molecule has 0 aliphatic carbocycles. The van der Waals surface area contributed by atoms with Crippen LogP contribution in [0.3, 0.4) is 0 Å². The number of piperidine rings is 1. The molecule has 0 saturated carbocycles. The summed E-state index contributed by atoms with van der Waals surface area (Å²) in [6.07, 6.45) is 2.40. The van der Waals surface area contributed by atoms with E-state index >= 15 is 0 Å². The fraction of sp³-hybridized carbons (Fsp3) is 0.417. The first kappa shape index (κ1) is 22.1. The van der Waals surface area contributed by atoms with Crippen LogP contribution in [0.4, 0.5) is 4.39 Å². The molecule has 2 aromatic heterocycles. The minimum absolute atomic E-state index is 0.00941. The van der Waals surface area contributed by atoms with E-state index in [-0.39, 0.29) is 29.8 Å². The number of ketones is 2.